The van der Waals surface area contributed by atoms with Gasteiger partial charge in [-0.1, -0.05) is 36.4 Å². The number of allylic oxidation sites excluding steroid dienone is 2. The highest BCUT2D eigenvalue weighted by molar-refractivity contribution is 5.93. The number of aromatic amines is 1. The van der Waals surface area contributed by atoms with Gasteiger partial charge in [-0.25, -0.2) is 0 Å². The van der Waals surface area contributed by atoms with E-state index in [0.29, 0.717) is 5.69 Å². The van der Waals surface area contributed by atoms with Gasteiger partial charge in [0.15, 0.2) is 0 Å². The number of amides is 1. The van der Waals surface area contributed by atoms with Crippen molar-refractivity contribution in [3.8, 4) is 11.3 Å². The fourth-order valence-corrected chi connectivity index (χ4v) is 2.18. The minimum atomic E-state index is -0.215. The summed E-state index contributed by atoms with van der Waals surface area (Å²) in [4.78, 5) is 12.0. The quantitative estimate of drug-likeness (QED) is 0.746. The predicted molar refractivity (Wildman–Crippen MR) is 76.6 cm³/mol. The van der Waals surface area contributed by atoms with Crippen LogP contribution in [-0.4, -0.2) is 16.1 Å². The number of hydrogen-bond donors (Lipinski definition) is 3. The van der Waals surface area contributed by atoms with Gasteiger partial charge < -0.3 is 5.43 Å². The van der Waals surface area contributed by atoms with Crippen LogP contribution in [0.2, 0.25) is 0 Å². The van der Waals surface area contributed by atoms with Crippen LogP contribution in [0.5, 0.6) is 0 Å². The molecule has 1 heterocycles. The van der Waals surface area contributed by atoms with Crippen LogP contribution in [0, 0.1) is 0 Å². The van der Waals surface area contributed by atoms with Gasteiger partial charge in [0.2, 0.25) is 0 Å². The average molecular weight is 268 g/mol. The van der Waals surface area contributed by atoms with Crippen molar-refractivity contribution < 1.29 is 4.79 Å². The van der Waals surface area contributed by atoms with Crippen molar-refractivity contribution in [3.05, 3.63) is 53.9 Å². The van der Waals surface area contributed by atoms with Crippen LogP contribution >= 0.6 is 0 Å². The summed E-state index contributed by atoms with van der Waals surface area (Å²) in [7, 11) is 0. The Morgan fingerprint density at radius 1 is 1.25 bits per heavy atom. The zero-order chi connectivity index (χ0) is 13.8. The standard InChI is InChI=1S/C15H16N4O/c20-15(19-16-12-8-4-5-9-12)14-10-13(17-18-14)11-6-2-1-3-7-11/h1-3,6-8,10,16H,4-5,9H2,(H,17,18)(H,19,20). The lowest BCUT2D eigenvalue weighted by Crippen LogP contribution is -2.36. The Morgan fingerprint density at radius 2 is 2.10 bits per heavy atom. The van der Waals surface area contributed by atoms with E-state index in [0.717, 1.165) is 36.2 Å². The molecule has 1 aliphatic carbocycles. The summed E-state index contributed by atoms with van der Waals surface area (Å²) < 4.78 is 0. The molecule has 1 aromatic carbocycles. The number of hydrogen-bond acceptors (Lipinski definition) is 3. The molecule has 102 valence electrons. The van der Waals surface area contributed by atoms with Crippen LogP contribution in [0.15, 0.2) is 48.2 Å². The number of rotatable bonds is 4. The van der Waals surface area contributed by atoms with Crippen molar-refractivity contribution in [1.29, 1.82) is 0 Å². The smallest absolute Gasteiger partial charge is 0.287 e. The minimum Gasteiger partial charge on any atom is -0.303 e. The first-order valence-electron chi connectivity index (χ1n) is 6.69. The second-order valence-electron chi connectivity index (χ2n) is 4.73. The summed E-state index contributed by atoms with van der Waals surface area (Å²) in [5, 5.41) is 6.92. The number of carbonyl (C=O) groups excluding carboxylic acids is 1. The fourth-order valence-electron chi connectivity index (χ4n) is 2.18. The number of H-pyrrole nitrogens is 1. The molecule has 1 amide bonds. The summed E-state index contributed by atoms with van der Waals surface area (Å²) in [6.07, 6.45) is 5.29. The van der Waals surface area contributed by atoms with Gasteiger partial charge in [0.05, 0.1) is 5.69 Å². The van der Waals surface area contributed by atoms with Gasteiger partial charge in [-0.15, -0.1) is 0 Å². The van der Waals surface area contributed by atoms with Crippen molar-refractivity contribution in [2.24, 2.45) is 0 Å². The monoisotopic (exact) mass is 268 g/mol. The zero-order valence-electron chi connectivity index (χ0n) is 11.0. The van der Waals surface area contributed by atoms with E-state index >= 15 is 0 Å². The molecule has 1 aliphatic rings. The Balaban J connectivity index is 1.65. The SMILES string of the molecule is O=C(NNC1=CCCC1)c1cc(-c2ccccc2)n[nH]1. The third-order valence-electron chi connectivity index (χ3n) is 3.27. The first kappa shape index (κ1) is 12.5. The summed E-state index contributed by atoms with van der Waals surface area (Å²) in [5.74, 6) is -0.215. The molecule has 0 bridgehead atoms. The molecule has 0 unspecified atom stereocenters. The highest BCUT2D eigenvalue weighted by atomic mass is 16.2. The molecule has 0 atom stereocenters. The van der Waals surface area contributed by atoms with E-state index in [1.54, 1.807) is 6.07 Å². The molecule has 3 rings (SSSR count). The molecule has 0 saturated carbocycles. The largest absolute Gasteiger partial charge is 0.303 e. The topological polar surface area (TPSA) is 69.8 Å². The lowest BCUT2D eigenvalue weighted by Gasteiger charge is -2.07. The van der Waals surface area contributed by atoms with Crippen molar-refractivity contribution in [3.63, 3.8) is 0 Å². The predicted octanol–water partition coefficient (Wildman–Crippen LogP) is 2.38. The number of benzene rings is 1. The highest BCUT2D eigenvalue weighted by Crippen LogP contribution is 2.17. The maximum atomic E-state index is 12.0. The molecule has 0 aliphatic heterocycles. The summed E-state index contributed by atoms with van der Waals surface area (Å²) in [6.45, 7) is 0. The lowest BCUT2D eigenvalue weighted by atomic mass is 10.1. The first-order valence-corrected chi connectivity index (χ1v) is 6.69. The molecular formula is C15H16N4O. The van der Waals surface area contributed by atoms with Gasteiger partial charge in [-0.05, 0) is 25.3 Å². The van der Waals surface area contributed by atoms with Crippen LogP contribution in [0.1, 0.15) is 29.8 Å². The van der Waals surface area contributed by atoms with E-state index < -0.39 is 0 Å². The molecule has 2 aromatic rings. The Morgan fingerprint density at radius 3 is 2.85 bits per heavy atom. The summed E-state index contributed by atoms with van der Waals surface area (Å²) in [5.41, 5.74) is 8.87. The van der Waals surface area contributed by atoms with Gasteiger partial charge in [-0.3, -0.25) is 15.3 Å². The maximum absolute atomic E-state index is 12.0. The van der Waals surface area contributed by atoms with Crippen LogP contribution in [-0.2, 0) is 0 Å². The second kappa shape index (κ2) is 5.61. The van der Waals surface area contributed by atoms with Gasteiger partial charge >= 0.3 is 0 Å². The van der Waals surface area contributed by atoms with Gasteiger partial charge in [0.1, 0.15) is 5.69 Å². The summed E-state index contributed by atoms with van der Waals surface area (Å²) >= 11 is 0. The van der Waals surface area contributed by atoms with E-state index in [4.69, 9.17) is 0 Å². The number of carbonyl (C=O) groups is 1. The van der Waals surface area contributed by atoms with Crippen molar-refractivity contribution in [2.75, 3.05) is 0 Å². The molecule has 0 fully saturated rings. The Kier molecular flexibility index (Phi) is 3.50. The minimum absolute atomic E-state index is 0.215. The Bertz CT molecular complexity index is 630. The lowest BCUT2D eigenvalue weighted by molar-refractivity contribution is 0.0933. The number of nitrogens with one attached hydrogen (secondary N) is 3. The van der Waals surface area contributed by atoms with Crippen LogP contribution in [0.25, 0.3) is 11.3 Å². The van der Waals surface area contributed by atoms with E-state index in [2.05, 4.69) is 27.1 Å². The maximum Gasteiger partial charge on any atom is 0.287 e. The molecule has 3 N–H and O–H groups in total. The summed E-state index contributed by atoms with van der Waals surface area (Å²) in [6, 6.07) is 11.5. The van der Waals surface area contributed by atoms with Crippen LogP contribution < -0.4 is 10.9 Å². The van der Waals surface area contributed by atoms with Crippen molar-refractivity contribution >= 4 is 5.91 Å². The number of hydrazine groups is 1. The van der Waals surface area contributed by atoms with E-state index in [1.165, 1.54) is 0 Å². The van der Waals surface area contributed by atoms with Crippen LogP contribution in [0.3, 0.4) is 0 Å². The van der Waals surface area contributed by atoms with E-state index in [1.807, 2.05) is 30.3 Å². The second-order valence-corrected chi connectivity index (χ2v) is 4.73. The average Bonchev–Trinajstić information content (AvgIpc) is 3.17. The third-order valence-corrected chi connectivity index (χ3v) is 3.27. The molecular weight excluding hydrogens is 252 g/mol. The van der Waals surface area contributed by atoms with E-state index in [-0.39, 0.29) is 5.91 Å². The van der Waals surface area contributed by atoms with Crippen LogP contribution in [0.4, 0.5) is 0 Å². The number of aromatic nitrogens is 2. The van der Waals surface area contributed by atoms with Gasteiger partial charge in [0.25, 0.3) is 5.91 Å². The molecule has 0 spiro atoms. The third kappa shape index (κ3) is 2.71. The molecule has 5 heteroatoms. The fraction of sp³-hybridized carbons (Fsp3) is 0.200. The highest BCUT2D eigenvalue weighted by Gasteiger charge is 2.11. The van der Waals surface area contributed by atoms with Crippen molar-refractivity contribution in [1.82, 2.24) is 21.0 Å². The molecule has 5 nitrogen and oxygen atoms in total. The normalized spacial score (nSPS) is 13.9. The Hall–Kier alpha value is -2.56. The number of nitrogens with zero attached hydrogens (tertiary/aromatic N) is 1. The Labute approximate surface area is 117 Å². The first-order chi connectivity index (χ1) is 9.83. The zero-order valence-corrected chi connectivity index (χ0v) is 11.0. The van der Waals surface area contributed by atoms with Crippen molar-refractivity contribution in [2.45, 2.75) is 19.3 Å². The molecule has 0 radical (unpaired) electrons. The molecule has 1 aromatic heterocycles. The van der Waals surface area contributed by atoms with Gasteiger partial charge in [-0.2, -0.15) is 5.10 Å². The van der Waals surface area contributed by atoms with Gasteiger partial charge in [0, 0.05) is 11.3 Å². The van der Waals surface area contributed by atoms with E-state index in [9.17, 15) is 4.79 Å². The molecule has 20 heavy (non-hydrogen) atoms. The molecule has 0 saturated heterocycles.